The fourth-order valence-corrected chi connectivity index (χ4v) is 2.08. The maximum Gasteiger partial charge on any atom is 0.225 e. The maximum absolute atomic E-state index is 5.64. The smallest absolute Gasteiger partial charge is 0.225 e. The van der Waals surface area contributed by atoms with E-state index in [1.807, 2.05) is 0 Å². The Bertz CT molecular complexity index is 214. The van der Waals surface area contributed by atoms with Crippen LogP contribution in [-0.2, 0) is 18.9 Å². The van der Waals surface area contributed by atoms with Crippen LogP contribution < -0.4 is 0 Å². The van der Waals surface area contributed by atoms with E-state index in [0.717, 1.165) is 6.61 Å². The van der Waals surface area contributed by atoms with Gasteiger partial charge < -0.3 is 18.9 Å². The molecule has 4 atom stereocenters. The Morgan fingerprint density at radius 3 is 2.29 bits per heavy atom. The van der Waals surface area contributed by atoms with Crippen molar-refractivity contribution in [3.05, 3.63) is 0 Å². The fraction of sp³-hybridized carbons (Fsp3) is 1.00. The molecule has 4 nitrogen and oxygen atoms in total. The molecule has 0 aliphatic carbocycles. The van der Waals surface area contributed by atoms with Crippen molar-refractivity contribution in [2.75, 3.05) is 20.8 Å². The Labute approximate surface area is 84.5 Å². The third-order valence-corrected chi connectivity index (χ3v) is 2.92. The number of hydrogen-bond acceptors (Lipinski definition) is 4. The molecule has 0 aromatic rings. The highest BCUT2D eigenvalue weighted by atomic mass is 16.8. The zero-order chi connectivity index (χ0) is 10.3. The van der Waals surface area contributed by atoms with Crippen LogP contribution in [0.1, 0.15) is 13.8 Å². The Kier molecular flexibility index (Phi) is 2.55. The normalized spacial score (nSPS) is 42.6. The first-order valence-electron chi connectivity index (χ1n) is 5.03. The van der Waals surface area contributed by atoms with E-state index < -0.39 is 5.79 Å². The van der Waals surface area contributed by atoms with E-state index in [0.29, 0.717) is 5.92 Å². The van der Waals surface area contributed by atoms with E-state index in [4.69, 9.17) is 18.9 Å². The standard InChI is InChI=1S/C10H18O4/c1-6(2)8-10(12-4,14-8)9(11-3)7-5-13-7/h6-9H,5H2,1-4H3. The molecule has 2 aliphatic rings. The van der Waals surface area contributed by atoms with Crippen molar-refractivity contribution in [1.29, 1.82) is 0 Å². The minimum absolute atomic E-state index is 0.0973. The fourth-order valence-electron chi connectivity index (χ4n) is 2.08. The summed E-state index contributed by atoms with van der Waals surface area (Å²) in [5.41, 5.74) is 0. The quantitative estimate of drug-likeness (QED) is 0.618. The minimum Gasteiger partial charge on any atom is -0.373 e. The minimum atomic E-state index is -0.565. The van der Waals surface area contributed by atoms with Crippen molar-refractivity contribution in [2.45, 2.75) is 37.9 Å². The van der Waals surface area contributed by atoms with E-state index in [1.165, 1.54) is 0 Å². The summed E-state index contributed by atoms with van der Waals surface area (Å²) >= 11 is 0. The molecule has 2 fully saturated rings. The molecule has 14 heavy (non-hydrogen) atoms. The Morgan fingerprint density at radius 2 is 2.00 bits per heavy atom. The summed E-state index contributed by atoms with van der Waals surface area (Å²) in [4.78, 5) is 0. The van der Waals surface area contributed by atoms with Gasteiger partial charge in [-0.25, -0.2) is 0 Å². The predicted octanol–water partition coefficient (Wildman–Crippen LogP) is 0.798. The molecular weight excluding hydrogens is 184 g/mol. The highest BCUT2D eigenvalue weighted by Gasteiger charge is 2.67. The van der Waals surface area contributed by atoms with Crippen molar-refractivity contribution < 1.29 is 18.9 Å². The summed E-state index contributed by atoms with van der Waals surface area (Å²) in [6.07, 6.45) is 0.172. The molecule has 0 spiro atoms. The lowest BCUT2D eigenvalue weighted by Gasteiger charge is -2.21. The Morgan fingerprint density at radius 1 is 1.36 bits per heavy atom. The maximum atomic E-state index is 5.64. The van der Waals surface area contributed by atoms with Gasteiger partial charge in [-0.3, -0.25) is 0 Å². The van der Waals surface area contributed by atoms with Gasteiger partial charge in [0.2, 0.25) is 5.79 Å². The molecule has 4 unspecified atom stereocenters. The van der Waals surface area contributed by atoms with Crippen LogP contribution in [0.5, 0.6) is 0 Å². The second-order valence-corrected chi connectivity index (χ2v) is 4.24. The topological polar surface area (TPSA) is 43.5 Å². The van der Waals surface area contributed by atoms with Gasteiger partial charge in [-0.05, 0) is 5.92 Å². The van der Waals surface area contributed by atoms with Crippen LogP contribution in [0.2, 0.25) is 0 Å². The number of ether oxygens (including phenoxy) is 4. The average molecular weight is 202 g/mol. The zero-order valence-electron chi connectivity index (χ0n) is 9.15. The Hall–Kier alpha value is -0.160. The summed E-state index contributed by atoms with van der Waals surface area (Å²) < 4.78 is 21.7. The molecule has 2 heterocycles. The first-order valence-corrected chi connectivity index (χ1v) is 5.03. The third-order valence-electron chi connectivity index (χ3n) is 2.92. The number of epoxide rings is 2. The highest BCUT2D eigenvalue weighted by Crippen LogP contribution is 2.48. The third kappa shape index (κ3) is 1.46. The molecule has 2 aliphatic heterocycles. The van der Waals surface area contributed by atoms with Crippen LogP contribution in [0.15, 0.2) is 0 Å². The molecule has 4 heteroatoms. The summed E-state index contributed by atoms with van der Waals surface area (Å²) in [7, 11) is 3.34. The molecule has 2 saturated heterocycles. The van der Waals surface area contributed by atoms with Crippen LogP contribution in [0.3, 0.4) is 0 Å². The SMILES string of the molecule is COC(C1CO1)C1(OC)OC1C(C)C. The van der Waals surface area contributed by atoms with Gasteiger partial charge in [0.25, 0.3) is 0 Å². The van der Waals surface area contributed by atoms with Gasteiger partial charge in [-0.2, -0.15) is 0 Å². The molecule has 82 valence electrons. The van der Waals surface area contributed by atoms with E-state index in [9.17, 15) is 0 Å². The monoisotopic (exact) mass is 202 g/mol. The average Bonchev–Trinajstić information content (AvgIpc) is 2.98. The molecule has 0 N–H and O–H groups in total. The van der Waals surface area contributed by atoms with Crippen molar-refractivity contribution in [1.82, 2.24) is 0 Å². The summed E-state index contributed by atoms with van der Waals surface area (Å²) in [6.45, 7) is 4.98. The van der Waals surface area contributed by atoms with Crippen molar-refractivity contribution in [3.8, 4) is 0 Å². The van der Waals surface area contributed by atoms with E-state index in [-0.39, 0.29) is 18.3 Å². The van der Waals surface area contributed by atoms with Crippen molar-refractivity contribution in [3.63, 3.8) is 0 Å². The van der Waals surface area contributed by atoms with E-state index >= 15 is 0 Å². The molecule has 0 amide bonds. The predicted molar refractivity (Wildman–Crippen MR) is 50.0 cm³/mol. The zero-order valence-corrected chi connectivity index (χ0v) is 9.15. The molecule has 0 saturated carbocycles. The van der Waals surface area contributed by atoms with Crippen LogP contribution in [0, 0.1) is 5.92 Å². The summed E-state index contributed by atoms with van der Waals surface area (Å²) in [5, 5.41) is 0. The van der Waals surface area contributed by atoms with Crippen LogP contribution >= 0.6 is 0 Å². The lowest BCUT2D eigenvalue weighted by Crippen LogP contribution is -2.41. The van der Waals surface area contributed by atoms with Crippen LogP contribution in [0.25, 0.3) is 0 Å². The molecule has 2 rings (SSSR count). The number of hydrogen-bond donors (Lipinski definition) is 0. The second-order valence-electron chi connectivity index (χ2n) is 4.24. The van der Waals surface area contributed by atoms with Crippen LogP contribution in [-0.4, -0.2) is 44.9 Å². The summed E-state index contributed by atoms with van der Waals surface area (Å²) in [6, 6.07) is 0. The number of rotatable bonds is 5. The molecule has 0 aromatic carbocycles. The van der Waals surface area contributed by atoms with Gasteiger partial charge in [0.05, 0.1) is 6.61 Å². The van der Waals surface area contributed by atoms with Gasteiger partial charge in [-0.1, -0.05) is 13.8 Å². The highest BCUT2D eigenvalue weighted by molar-refractivity contribution is 5.07. The second kappa shape index (κ2) is 3.45. The van der Waals surface area contributed by atoms with Crippen molar-refractivity contribution in [2.24, 2.45) is 5.92 Å². The van der Waals surface area contributed by atoms with Crippen molar-refractivity contribution >= 4 is 0 Å². The Balaban J connectivity index is 2.05. The van der Waals surface area contributed by atoms with E-state index in [1.54, 1.807) is 14.2 Å². The summed E-state index contributed by atoms with van der Waals surface area (Å²) in [5.74, 6) is -0.129. The lowest BCUT2D eigenvalue weighted by molar-refractivity contribution is -0.121. The molecule has 0 aromatic heterocycles. The van der Waals surface area contributed by atoms with Gasteiger partial charge in [0.15, 0.2) is 0 Å². The lowest BCUT2D eigenvalue weighted by atomic mass is 10.00. The first kappa shape index (κ1) is 10.4. The van der Waals surface area contributed by atoms with Gasteiger partial charge in [-0.15, -0.1) is 0 Å². The van der Waals surface area contributed by atoms with E-state index in [2.05, 4.69) is 13.8 Å². The van der Waals surface area contributed by atoms with Gasteiger partial charge in [0, 0.05) is 14.2 Å². The first-order chi connectivity index (χ1) is 6.65. The van der Waals surface area contributed by atoms with Crippen LogP contribution in [0.4, 0.5) is 0 Å². The number of methoxy groups -OCH3 is 2. The van der Waals surface area contributed by atoms with Gasteiger partial charge in [0.1, 0.15) is 18.3 Å². The van der Waals surface area contributed by atoms with Gasteiger partial charge >= 0.3 is 0 Å². The largest absolute Gasteiger partial charge is 0.373 e. The molecule has 0 bridgehead atoms. The molecular formula is C10H18O4. The molecule has 0 radical (unpaired) electrons.